The predicted octanol–water partition coefficient (Wildman–Crippen LogP) is 3.14. The lowest BCUT2D eigenvalue weighted by Gasteiger charge is -2.27. The van der Waals surface area contributed by atoms with Crippen LogP contribution in [-0.2, 0) is 4.79 Å². The van der Waals surface area contributed by atoms with Crippen molar-refractivity contribution < 1.29 is 9.59 Å². The summed E-state index contributed by atoms with van der Waals surface area (Å²) in [6.45, 7) is 1.68. The molecule has 6 N–H and O–H groups in total. The average molecular weight is 406 g/mol. The van der Waals surface area contributed by atoms with Gasteiger partial charge in [-0.25, -0.2) is 9.78 Å². The third-order valence-electron chi connectivity index (χ3n) is 4.57. The number of carbonyl (C=O) groups excluding carboxylic acids is 2. The highest BCUT2D eigenvalue weighted by Gasteiger charge is 2.33. The second-order valence-electron chi connectivity index (χ2n) is 6.53. The molecule has 1 aliphatic heterocycles. The molecule has 2 aromatic carbocycles. The molecular weight excluding hydrogens is 388 g/mol. The van der Waals surface area contributed by atoms with Crippen molar-refractivity contribution in [1.82, 2.24) is 15.6 Å². The second-order valence-corrected chi connectivity index (χ2v) is 7.59. The molecule has 0 spiro atoms. The van der Waals surface area contributed by atoms with E-state index in [2.05, 4.69) is 20.9 Å². The number of nitrogen functional groups attached to an aromatic ring is 1. The smallest absolute Gasteiger partial charge is 0.319 e. The summed E-state index contributed by atoms with van der Waals surface area (Å²) in [5, 5.41) is 16.3. The molecule has 0 bridgehead atoms. The van der Waals surface area contributed by atoms with E-state index in [9.17, 15) is 9.59 Å². The number of rotatable bonds is 4. The normalized spacial score (nSPS) is 16.3. The topological polar surface area (TPSA) is 133 Å². The van der Waals surface area contributed by atoms with E-state index in [0.29, 0.717) is 33.2 Å². The first kappa shape index (κ1) is 18.6. The SMILES string of the molecule is CC1=C(C(=O)Nc2ccc(N)c(C=N)c2)C(c2nc3ccccc3s2)NC(=O)N1. The molecule has 2 heterocycles. The number of thiazole rings is 1. The van der Waals surface area contributed by atoms with Crippen LogP contribution in [0.5, 0.6) is 0 Å². The van der Waals surface area contributed by atoms with Crippen molar-refractivity contribution in [1.29, 1.82) is 5.41 Å². The number of hydrogen-bond acceptors (Lipinski definition) is 6. The van der Waals surface area contributed by atoms with Gasteiger partial charge < -0.3 is 27.1 Å². The van der Waals surface area contributed by atoms with Gasteiger partial charge in [0.25, 0.3) is 5.91 Å². The zero-order valence-electron chi connectivity index (χ0n) is 15.4. The number of nitrogens with two attached hydrogens (primary N) is 1. The van der Waals surface area contributed by atoms with Crippen LogP contribution in [0.2, 0.25) is 0 Å². The Morgan fingerprint density at radius 2 is 2.10 bits per heavy atom. The van der Waals surface area contributed by atoms with Crippen LogP contribution in [-0.4, -0.2) is 23.1 Å². The number of nitrogens with zero attached hydrogens (tertiary/aromatic N) is 1. The van der Waals surface area contributed by atoms with E-state index in [0.717, 1.165) is 16.4 Å². The Bertz CT molecular complexity index is 1150. The van der Waals surface area contributed by atoms with Crippen molar-refractivity contribution in [2.75, 3.05) is 11.1 Å². The van der Waals surface area contributed by atoms with Crippen molar-refractivity contribution in [2.24, 2.45) is 0 Å². The molecule has 1 aromatic heterocycles. The Hall–Kier alpha value is -3.72. The van der Waals surface area contributed by atoms with Crippen LogP contribution in [0.15, 0.2) is 53.7 Å². The van der Waals surface area contributed by atoms with Crippen LogP contribution < -0.4 is 21.7 Å². The van der Waals surface area contributed by atoms with E-state index >= 15 is 0 Å². The van der Waals surface area contributed by atoms with Crippen molar-refractivity contribution in [3.63, 3.8) is 0 Å². The van der Waals surface area contributed by atoms with Gasteiger partial charge in [-0.2, -0.15) is 0 Å². The first-order chi connectivity index (χ1) is 14.0. The van der Waals surface area contributed by atoms with Gasteiger partial charge in [-0.3, -0.25) is 4.79 Å². The first-order valence-electron chi connectivity index (χ1n) is 8.81. The minimum absolute atomic E-state index is 0.372. The van der Waals surface area contributed by atoms with Gasteiger partial charge in [-0.05, 0) is 37.3 Å². The van der Waals surface area contributed by atoms with Crippen LogP contribution in [0.3, 0.4) is 0 Å². The quantitative estimate of drug-likeness (QED) is 0.336. The summed E-state index contributed by atoms with van der Waals surface area (Å²) < 4.78 is 0.974. The van der Waals surface area contributed by atoms with E-state index in [1.165, 1.54) is 11.3 Å². The molecule has 0 saturated carbocycles. The highest BCUT2D eigenvalue weighted by atomic mass is 32.1. The second kappa shape index (κ2) is 7.36. The fraction of sp³-hybridized carbons (Fsp3) is 0.100. The standard InChI is InChI=1S/C20H18N6O2S/c1-10-16(18(27)24-12-6-7-13(22)11(8-12)9-21)17(26-20(28)23-10)19-25-14-4-2-3-5-15(14)29-19/h2-9,17,21H,22H2,1H3,(H,24,27)(H2,23,26,28). The number of para-hydroxylation sites is 1. The number of hydrogen-bond donors (Lipinski definition) is 5. The molecule has 0 radical (unpaired) electrons. The molecule has 1 unspecified atom stereocenters. The molecule has 146 valence electrons. The lowest BCUT2D eigenvalue weighted by atomic mass is 10.0. The molecule has 29 heavy (non-hydrogen) atoms. The molecular formula is C20H18N6O2S. The number of carbonyl (C=O) groups is 2. The van der Waals surface area contributed by atoms with Crippen LogP contribution in [0.1, 0.15) is 23.5 Å². The minimum Gasteiger partial charge on any atom is -0.398 e. The zero-order chi connectivity index (χ0) is 20.5. The highest BCUT2D eigenvalue weighted by molar-refractivity contribution is 7.18. The molecule has 3 aromatic rings. The van der Waals surface area contributed by atoms with E-state index < -0.39 is 6.04 Å². The van der Waals surface area contributed by atoms with E-state index in [1.807, 2.05) is 24.3 Å². The maximum atomic E-state index is 13.1. The fourth-order valence-corrected chi connectivity index (χ4v) is 4.20. The summed E-state index contributed by atoms with van der Waals surface area (Å²) >= 11 is 1.43. The molecule has 0 saturated heterocycles. The lowest BCUT2D eigenvalue weighted by Crippen LogP contribution is -2.45. The van der Waals surface area contributed by atoms with Gasteiger partial charge in [0.1, 0.15) is 11.0 Å². The summed E-state index contributed by atoms with van der Waals surface area (Å²) in [5.41, 5.74) is 8.91. The Kier molecular flexibility index (Phi) is 4.73. The Balaban J connectivity index is 1.70. The number of nitrogens with one attached hydrogen (secondary N) is 4. The van der Waals surface area contributed by atoms with Gasteiger partial charge in [0.05, 0.1) is 15.8 Å². The minimum atomic E-state index is -0.669. The van der Waals surface area contributed by atoms with E-state index in [1.54, 1.807) is 25.1 Å². The fourth-order valence-electron chi connectivity index (χ4n) is 3.17. The van der Waals surface area contributed by atoms with Gasteiger partial charge in [-0.15, -0.1) is 11.3 Å². The monoisotopic (exact) mass is 406 g/mol. The van der Waals surface area contributed by atoms with Gasteiger partial charge in [-0.1, -0.05) is 12.1 Å². The molecule has 1 atom stereocenters. The van der Waals surface area contributed by atoms with Crippen molar-refractivity contribution >= 4 is 51.1 Å². The summed E-state index contributed by atoms with van der Waals surface area (Å²) in [4.78, 5) is 29.8. The Labute approximate surface area is 170 Å². The Morgan fingerprint density at radius 1 is 1.31 bits per heavy atom. The summed E-state index contributed by atoms with van der Waals surface area (Å²) in [6, 6.07) is 11.5. The van der Waals surface area contributed by atoms with Crippen molar-refractivity contribution in [2.45, 2.75) is 13.0 Å². The largest absolute Gasteiger partial charge is 0.398 e. The maximum Gasteiger partial charge on any atom is 0.319 e. The molecule has 1 aliphatic rings. The molecule has 8 nitrogen and oxygen atoms in total. The van der Waals surface area contributed by atoms with Crippen molar-refractivity contribution in [3.8, 4) is 0 Å². The molecule has 0 fully saturated rings. The van der Waals surface area contributed by atoms with E-state index in [4.69, 9.17) is 11.1 Å². The number of benzene rings is 2. The third kappa shape index (κ3) is 3.55. The molecule has 9 heteroatoms. The van der Waals surface area contributed by atoms with Crippen LogP contribution in [0.25, 0.3) is 10.2 Å². The number of amides is 3. The number of fused-ring (bicyclic) bond motifs is 1. The first-order valence-corrected chi connectivity index (χ1v) is 9.63. The van der Waals surface area contributed by atoms with Gasteiger partial charge >= 0.3 is 6.03 Å². The zero-order valence-corrected chi connectivity index (χ0v) is 16.3. The van der Waals surface area contributed by atoms with Crippen LogP contribution in [0.4, 0.5) is 16.2 Å². The van der Waals surface area contributed by atoms with Crippen LogP contribution >= 0.6 is 11.3 Å². The average Bonchev–Trinajstić information content (AvgIpc) is 3.13. The summed E-state index contributed by atoms with van der Waals surface area (Å²) in [7, 11) is 0. The Morgan fingerprint density at radius 3 is 2.86 bits per heavy atom. The third-order valence-corrected chi connectivity index (χ3v) is 5.67. The lowest BCUT2D eigenvalue weighted by molar-refractivity contribution is -0.113. The van der Waals surface area contributed by atoms with E-state index in [-0.39, 0.29) is 11.9 Å². The predicted molar refractivity (Wildman–Crippen MR) is 114 cm³/mol. The molecule has 4 rings (SSSR count). The number of allylic oxidation sites excluding steroid dienone is 1. The highest BCUT2D eigenvalue weighted by Crippen LogP contribution is 2.33. The summed E-state index contributed by atoms with van der Waals surface area (Å²) in [6.07, 6.45) is 1.13. The van der Waals surface area contributed by atoms with Gasteiger partial charge in [0.2, 0.25) is 0 Å². The number of aromatic nitrogens is 1. The van der Waals surface area contributed by atoms with Crippen LogP contribution in [0, 0.1) is 5.41 Å². The number of urea groups is 1. The van der Waals surface area contributed by atoms with Gasteiger partial charge in [0, 0.05) is 28.8 Å². The van der Waals surface area contributed by atoms with Crippen molar-refractivity contribution in [3.05, 3.63) is 64.3 Å². The molecule has 0 aliphatic carbocycles. The van der Waals surface area contributed by atoms with Gasteiger partial charge in [0.15, 0.2) is 0 Å². The summed E-state index contributed by atoms with van der Waals surface area (Å²) in [5.74, 6) is -0.375. The molecule has 3 amide bonds. The maximum absolute atomic E-state index is 13.1. The number of anilines is 2.